The van der Waals surface area contributed by atoms with Crippen molar-refractivity contribution in [3.05, 3.63) is 131 Å². The highest BCUT2D eigenvalue weighted by molar-refractivity contribution is 6.22. The van der Waals surface area contributed by atoms with Gasteiger partial charge in [0.15, 0.2) is 0 Å². The Hall–Kier alpha value is -6.16. The molecule has 4 aromatic rings. The Morgan fingerprint density at radius 2 is 1.51 bits per heavy atom. The number of nitrogens with zero attached hydrogens (tertiary/aromatic N) is 2. The van der Waals surface area contributed by atoms with Gasteiger partial charge in [-0.05, 0) is 61.1 Å². The number of imide groups is 2. The Balaban J connectivity index is 1.35. The monoisotopic (exact) mass is 709 g/mol. The van der Waals surface area contributed by atoms with Crippen molar-refractivity contribution in [2.75, 3.05) is 24.5 Å². The fourth-order valence-electron chi connectivity index (χ4n) is 9.28. The number of aromatic hydroxyl groups is 1. The van der Waals surface area contributed by atoms with Crippen molar-refractivity contribution in [3.8, 4) is 17.2 Å². The van der Waals surface area contributed by atoms with Crippen LogP contribution in [0.2, 0.25) is 0 Å². The average Bonchev–Trinajstić information content (AvgIpc) is 3.56. The number of hydrogen-bond donors (Lipinski definition) is 2. The molecule has 2 aliphatic carbocycles. The Morgan fingerprint density at radius 1 is 0.849 bits per heavy atom. The van der Waals surface area contributed by atoms with E-state index in [0.29, 0.717) is 22.5 Å². The SMILES string of the molecule is C=Cc1ccc(N2C(=O)[C@H]3[C@H](CC=C4[C@H]3C[C@H]3C(=O)N(Nc5ccc(C)cc5)C(=O)[C@@]3(c3ccccc3)[C@H]4c3c(OC)cc(O)cc3OC)C2=O)cc1. The maximum absolute atomic E-state index is 15.4. The average molecular weight is 710 g/mol. The van der Waals surface area contributed by atoms with Gasteiger partial charge in [-0.3, -0.25) is 29.5 Å². The molecule has 2 N–H and O–H groups in total. The molecular formula is C43H39N3O7. The van der Waals surface area contributed by atoms with E-state index in [1.165, 1.54) is 31.3 Å². The molecule has 0 spiro atoms. The topological polar surface area (TPSA) is 125 Å². The molecule has 0 bridgehead atoms. The van der Waals surface area contributed by atoms with Crippen LogP contribution in [0.5, 0.6) is 17.2 Å². The lowest BCUT2D eigenvalue weighted by molar-refractivity contribution is -0.138. The minimum Gasteiger partial charge on any atom is -0.508 e. The summed E-state index contributed by atoms with van der Waals surface area (Å²) in [5, 5.41) is 11.9. The van der Waals surface area contributed by atoms with Crippen molar-refractivity contribution in [3.63, 3.8) is 0 Å². The number of allylic oxidation sites excluding steroid dienone is 2. The van der Waals surface area contributed by atoms with Crippen molar-refractivity contribution in [2.45, 2.75) is 31.1 Å². The summed E-state index contributed by atoms with van der Waals surface area (Å²) in [6, 6.07) is 26.6. The highest BCUT2D eigenvalue weighted by atomic mass is 16.5. The number of carbonyl (C=O) groups is 4. The number of benzene rings is 4. The Morgan fingerprint density at radius 3 is 2.13 bits per heavy atom. The molecule has 53 heavy (non-hydrogen) atoms. The predicted molar refractivity (Wildman–Crippen MR) is 199 cm³/mol. The van der Waals surface area contributed by atoms with Crippen molar-refractivity contribution in [1.82, 2.24) is 5.01 Å². The summed E-state index contributed by atoms with van der Waals surface area (Å²) >= 11 is 0. The first-order chi connectivity index (χ1) is 25.6. The van der Waals surface area contributed by atoms with Crippen LogP contribution < -0.4 is 19.8 Å². The van der Waals surface area contributed by atoms with Gasteiger partial charge in [0.2, 0.25) is 11.8 Å². The van der Waals surface area contributed by atoms with Crippen LogP contribution in [-0.4, -0.2) is 48.0 Å². The first-order valence-corrected chi connectivity index (χ1v) is 17.7. The largest absolute Gasteiger partial charge is 0.508 e. The van der Waals surface area contributed by atoms with Crippen molar-refractivity contribution in [1.29, 1.82) is 0 Å². The highest BCUT2D eigenvalue weighted by Crippen LogP contribution is 2.66. The smallest absolute Gasteiger partial charge is 0.260 e. The molecule has 4 amide bonds. The lowest BCUT2D eigenvalue weighted by atomic mass is 9.49. The normalized spacial score (nSPS) is 26.1. The van der Waals surface area contributed by atoms with E-state index in [1.54, 1.807) is 30.3 Å². The molecule has 268 valence electrons. The summed E-state index contributed by atoms with van der Waals surface area (Å²) < 4.78 is 11.8. The van der Waals surface area contributed by atoms with E-state index < -0.39 is 46.8 Å². The number of anilines is 2. The maximum Gasteiger partial charge on any atom is 0.260 e. The number of rotatable bonds is 8. The molecule has 2 heterocycles. The van der Waals surface area contributed by atoms with Crippen LogP contribution in [0.1, 0.15) is 41.0 Å². The van der Waals surface area contributed by atoms with Crippen LogP contribution in [0.4, 0.5) is 11.4 Å². The third-order valence-corrected chi connectivity index (χ3v) is 11.6. The minimum absolute atomic E-state index is 0.107. The zero-order valence-electron chi connectivity index (χ0n) is 29.6. The van der Waals surface area contributed by atoms with Crippen LogP contribution in [0.25, 0.3) is 6.08 Å². The number of ether oxygens (including phenoxy) is 2. The molecule has 0 radical (unpaired) electrons. The number of nitrogens with one attached hydrogen (secondary N) is 1. The second kappa shape index (κ2) is 12.8. The third-order valence-electron chi connectivity index (χ3n) is 11.6. The number of phenolic OH excluding ortho intramolecular Hbond substituents is 1. The summed E-state index contributed by atoms with van der Waals surface area (Å²) in [4.78, 5) is 60.4. The van der Waals surface area contributed by atoms with E-state index >= 15 is 4.79 Å². The molecule has 8 rings (SSSR count). The highest BCUT2D eigenvalue weighted by Gasteiger charge is 2.71. The van der Waals surface area contributed by atoms with Gasteiger partial charge in [0.25, 0.3) is 11.8 Å². The molecule has 4 aromatic carbocycles. The Kier molecular flexibility index (Phi) is 8.20. The number of fused-ring (bicyclic) bond motifs is 4. The maximum atomic E-state index is 15.4. The number of carbonyl (C=O) groups excluding carboxylic acids is 4. The van der Waals surface area contributed by atoms with Gasteiger partial charge in [-0.2, -0.15) is 5.01 Å². The third kappa shape index (κ3) is 4.99. The fourth-order valence-corrected chi connectivity index (χ4v) is 9.28. The number of amides is 4. The standard InChI is InChI=1S/C43H39N3O7/c1-5-25-13-17-28(18-14-25)45-39(48)31-20-19-30-32(36(31)41(45)50)23-33-40(49)46(44-27-15-11-24(2)12-16-27)42(51)43(33,26-9-7-6-8-10-26)38(30)37-34(52-3)21-29(47)22-35(37)53-4/h5-19,21-22,31-33,36,38,44,47H,1,20,23H2,2-4H3/t31-,32+,33-,36-,38+,43+/m0/s1. The lowest BCUT2D eigenvalue weighted by Gasteiger charge is -2.51. The van der Waals surface area contributed by atoms with Gasteiger partial charge in [-0.25, -0.2) is 0 Å². The predicted octanol–water partition coefficient (Wildman–Crippen LogP) is 6.55. The van der Waals surface area contributed by atoms with E-state index in [1.807, 2.05) is 67.6 Å². The number of hydrazine groups is 1. The summed E-state index contributed by atoms with van der Waals surface area (Å²) in [5.41, 5.74) is 6.29. The number of phenols is 1. The molecule has 4 aliphatic rings. The molecule has 3 fully saturated rings. The van der Waals surface area contributed by atoms with Gasteiger partial charge in [-0.15, -0.1) is 0 Å². The Labute approximate surface area is 307 Å². The molecule has 1 saturated carbocycles. The van der Waals surface area contributed by atoms with Crippen molar-refractivity contribution < 1.29 is 33.8 Å². The molecule has 0 aromatic heterocycles. The van der Waals surface area contributed by atoms with E-state index in [2.05, 4.69) is 12.0 Å². The van der Waals surface area contributed by atoms with Gasteiger partial charge in [0.05, 0.1) is 48.8 Å². The minimum atomic E-state index is -1.53. The fraction of sp³-hybridized carbons (Fsp3) is 0.256. The van der Waals surface area contributed by atoms with Gasteiger partial charge in [0, 0.05) is 23.6 Å². The van der Waals surface area contributed by atoms with Crippen LogP contribution in [0.15, 0.2) is 109 Å². The first kappa shape index (κ1) is 34.0. The number of aryl methyl sites for hydroxylation is 1. The summed E-state index contributed by atoms with van der Waals surface area (Å²) in [5.74, 6) is -5.04. The van der Waals surface area contributed by atoms with Gasteiger partial charge in [-0.1, -0.05) is 84.5 Å². The summed E-state index contributed by atoms with van der Waals surface area (Å²) in [7, 11) is 2.94. The van der Waals surface area contributed by atoms with E-state index in [4.69, 9.17) is 9.47 Å². The Bertz CT molecular complexity index is 2170. The molecule has 6 atom stereocenters. The van der Waals surface area contributed by atoms with Gasteiger partial charge >= 0.3 is 0 Å². The van der Waals surface area contributed by atoms with Crippen LogP contribution in [0, 0.1) is 30.6 Å². The molecule has 10 nitrogen and oxygen atoms in total. The summed E-state index contributed by atoms with van der Waals surface area (Å²) in [6.07, 6.45) is 4.06. The number of methoxy groups -OCH3 is 2. The lowest BCUT2D eigenvalue weighted by Crippen LogP contribution is -2.53. The van der Waals surface area contributed by atoms with Crippen LogP contribution >= 0.6 is 0 Å². The zero-order valence-corrected chi connectivity index (χ0v) is 29.6. The van der Waals surface area contributed by atoms with Gasteiger partial charge < -0.3 is 14.6 Å². The first-order valence-electron chi connectivity index (χ1n) is 17.7. The molecule has 2 saturated heterocycles. The van der Waals surface area contributed by atoms with E-state index in [9.17, 15) is 19.5 Å². The zero-order chi connectivity index (χ0) is 37.2. The molecule has 0 unspecified atom stereocenters. The molecule has 10 heteroatoms. The van der Waals surface area contributed by atoms with E-state index in [-0.39, 0.29) is 41.9 Å². The van der Waals surface area contributed by atoms with Crippen LogP contribution in [0.3, 0.4) is 0 Å². The van der Waals surface area contributed by atoms with Crippen molar-refractivity contribution >= 4 is 41.1 Å². The molecule has 2 aliphatic heterocycles. The van der Waals surface area contributed by atoms with Gasteiger partial charge in [0.1, 0.15) is 17.2 Å². The van der Waals surface area contributed by atoms with Crippen LogP contribution in [-0.2, 0) is 24.6 Å². The number of hydrogen-bond acceptors (Lipinski definition) is 8. The second-order valence-corrected chi connectivity index (χ2v) is 14.2. The van der Waals surface area contributed by atoms with E-state index in [0.717, 1.165) is 21.7 Å². The quantitative estimate of drug-likeness (QED) is 0.156. The second-order valence-electron chi connectivity index (χ2n) is 14.2. The molecular weight excluding hydrogens is 670 g/mol. The summed E-state index contributed by atoms with van der Waals surface area (Å²) in [6.45, 7) is 5.76. The van der Waals surface area contributed by atoms with Crippen molar-refractivity contribution in [2.24, 2.45) is 23.7 Å².